The minimum Gasteiger partial charge on any atom is -0.366 e. The molecule has 0 unspecified atom stereocenters. The lowest BCUT2D eigenvalue weighted by molar-refractivity contribution is 0.0997. The van der Waals surface area contributed by atoms with Crippen LogP contribution in [0.15, 0.2) is 53.4 Å². The van der Waals surface area contributed by atoms with E-state index in [0.717, 1.165) is 24.8 Å². The van der Waals surface area contributed by atoms with E-state index in [9.17, 15) is 13.2 Å². The fraction of sp³-hybridized carbons (Fsp3) is 0.278. The van der Waals surface area contributed by atoms with Gasteiger partial charge in [-0.05, 0) is 24.5 Å². The summed E-state index contributed by atoms with van der Waals surface area (Å²) < 4.78 is 27.9. The average Bonchev–Trinajstić information content (AvgIpc) is 2.62. The van der Waals surface area contributed by atoms with Crippen LogP contribution in [-0.2, 0) is 10.0 Å². The van der Waals surface area contributed by atoms with Crippen molar-refractivity contribution in [3.8, 4) is 11.1 Å². The molecule has 5 nitrogen and oxygen atoms in total. The number of sulfonamides is 1. The molecule has 0 radical (unpaired) electrons. The van der Waals surface area contributed by atoms with Crippen LogP contribution >= 0.6 is 0 Å². The number of primary amides is 1. The minimum atomic E-state index is -3.78. The SMILES string of the molecule is NC(=O)c1cccc(-c2ccccc2)c1S(=O)(=O)N1CCCCC1. The highest BCUT2D eigenvalue weighted by Gasteiger charge is 2.32. The van der Waals surface area contributed by atoms with Crippen molar-refractivity contribution in [3.63, 3.8) is 0 Å². The van der Waals surface area contributed by atoms with Gasteiger partial charge in [0.2, 0.25) is 15.9 Å². The molecule has 2 aromatic rings. The topological polar surface area (TPSA) is 80.5 Å². The van der Waals surface area contributed by atoms with E-state index in [0.29, 0.717) is 18.7 Å². The Bertz CT molecular complexity index is 842. The first-order chi connectivity index (χ1) is 11.5. The van der Waals surface area contributed by atoms with Crippen LogP contribution in [0.3, 0.4) is 0 Å². The Morgan fingerprint density at radius 1 is 0.917 bits per heavy atom. The van der Waals surface area contributed by atoms with Gasteiger partial charge in [0.25, 0.3) is 0 Å². The smallest absolute Gasteiger partial charge is 0.250 e. The maximum Gasteiger partial charge on any atom is 0.250 e. The van der Waals surface area contributed by atoms with Gasteiger partial charge in [-0.2, -0.15) is 4.31 Å². The molecule has 1 aliphatic heterocycles. The second-order valence-electron chi connectivity index (χ2n) is 5.88. The van der Waals surface area contributed by atoms with Gasteiger partial charge in [0, 0.05) is 18.7 Å². The van der Waals surface area contributed by atoms with Crippen molar-refractivity contribution in [1.82, 2.24) is 4.31 Å². The van der Waals surface area contributed by atoms with Gasteiger partial charge in [-0.15, -0.1) is 0 Å². The third-order valence-electron chi connectivity index (χ3n) is 4.28. The Kier molecular flexibility index (Phi) is 4.69. The maximum absolute atomic E-state index is 13.2. The Hall–Kier alpha value is -2.18. The number of carbonyl (C=O) groups excluding carboxylic acids is 1. The molecular weight excluding hydrogens is 324 g/mol. The molecule has 6 heteroatoms. The summed E-state index contributed by atoms with van der Waals surface area (Å²) in [5, 5.41) is 0. The first-order valence-corrected chi connectivity index (χ1v) is 9.44. The van der Waals surface area contributed by atoms with Gasteiger partial charge in [-0.1, -0.05) is 48.9 Å². The van der Waals surface area contributed by atoms with Crippen LogP contribution in [0.4, 0.5) is 0 Å². The zero-order valence-corrected chi connectivity index (χ0v) is 14.1. The number of rotatable bonds is 4. The van der Waals surface area contributed by atoms with Gasteiger partial charge in [-0.25, -0.2) is 8.42 Å². The number of nitrogens with zero attached hydrogens (tertiary/aromatic N) is 1. The summed E-state index contributed by atoms with van der Waals surface area (Å²) in [4.78, 5) is 11.9. The largest absolute Gasteiger partial charge is 0.366 e. The molecule has 2 aromatic carbocycles. The molecule has 1 saturated heterocycles. The van der Waals surface area contributed by atoms with E-state index < -0.39 is 15.9 Å². The van der Waals surface area contributed by atoms with Crippen LogP contribution in [0.1, 0.15) is 29.6 Å². The molecule has 0 saturated carbocycles. The molecule has 3 rings (SSSR count). The molecule has 0 aromatic heterocycles. The number of piperidine rings is 1. The average molecular weight is 344 g/mol. The van der Waals surface area contributed by atoms with E-state index in [1.54, 1.807) is 12.1 Å². The molecule has 1 fully saturated rings. The summed E-state index contributed by atoms with van der Waals surface area (Å²) in [6.45, 7) is 0.952. The van der Waals surface area contributed by atoms with Crippen molar-refractivity contribution in [2.75, 3.05) is 13.1 Å². The molecule has 1 aliphatic rings. The predicted molar refractivity (Wildman–Crippen MR) is 93.0 cm³/mol. The molecule has 126 valence electrons. The summed E-state index contributed by atoms with van der Waals surface area (Å²) in [7, 11) is -3.78. The fourth-order valence-electron chi connectivity index (χ4n) is 3.09. The number of nitrogens with two attached hydrogens (primary N) is 1. The van der Waals surface area contributed by atoms with Gasteiger partial charge >= 0.3 is 0 Å². The molecular formula is C18H20N2O3S. The second-order valence-corrected chi connectivity index (χ2v) is 7.75. The third kappa shape index (κ3) is 3.07. The lowest BCUT2D eigenvalue weighted by atomic mass is 10.0. The number of hydrogen-bond acceptors (Lipinski definition) is 3. The molecule has 1 amide bonds. The predicted octanol–water partition coefficient (Wildman–Crippen LogP) is 2.63. The number of amides is 1. The van der Waals surface area contributed by atoms with Crippen molar-refractivity contribution < 1.29 is 13.2 Å². The van der Waals surface area contributed by atoms with Crippen molar-refractivity contribution in [3.05, 3.63) is 54.1 Å². The van der Waals surface area contributed by atoms with Gasteiger partial charge in [0.1, 0.15) is 4.90 Å². The normalized spacial score (nSPS) is 16.0. The number of benzene rings is 2. The lowest BCUT2D eigenvalue weighted by Gasteiger charge is -2.27. The van der Waals surface area contributed by atoms with Crippen molar-refractivity contribution >= 4 is 15.9 Å². The molecule has 0 aliphatic carbocycles. The summed E-state index contributed by atoms with van der Waals surface area (Å²) in [5.74, 6) is -0.733. The Balaban J connectivity index is 2.22. The summed E-state index contributed by atoms with van der Waals surface area (Å²) in [6.07, 6.45) is 2.69. The second kappa shape index (κ2) is 6.75. The highest BCUT2D eigenvalue weighted by atomic mass is 32.2. The fourth-order valence-corrected chi connectivity index (χ4v) is 5.00. The Morgan fingerprint density at radius 2 is 1.58 bits per heavy atom. The Morgan fingerprint density at radius 3 is 2.21 bits per heavy atom. The number of carbonyl (C=O) groups is 1. The summed E-state index contributed by atoms with van der Waals surface area (Å²) in [5.41, 5.74) is 6.77. The van der Waals surface area contributed by atoms with E-state index in [1.165, 1.54) is 10.4 Å². The lowest BCUT2D eigenvalue weighted by Crippen LogP contribution is -2.37. The van der Waals surface area contributed by atoms with Crippen LogP contribution in [0.5, 0.6) is 0 Å². The van der Waals surface area contributed by atoms with Gasteiger partial charge < -0.3 is 5.73 Å². The minimum absolute atomic E-state index is 0.0191. The van der Waals surface area contributed by atoms with Crippen LogP contribution in [-0.4, -0.2) is 31.7 Å². The molecule has 2 N–H and O–H groups in total. The first-order valence-electron chi connectivity index (χ1n) is 8.00. The summed E-state index contributed by atoms with van der Waals surface area (Å²) >= 11 is 0. The molecule has 0 bridgehead atoms. The van der Waals surface area contributed by atoms with Crippen LogP contribution < -0.4 is 5.73 Å². The van der Waals surface area contributed by atoms with Gasteiger partial charge in [0.05, 0.1) is 5.56 Å². The highest BCUT2D eigenvalue weighted by molar-refractivity contribution is 7.89. The van der Waals surface area contributed by atoms with Crippen LogP contribution in [0.2, 0.25) is 0 Å². The van der Waals surface area contributed by atoms with Gasteiger partial charge in [0.15, 0.2) is 0 Å². The van der Waals surface area contributed by atoms with Crippen LogP contribution in [0.25, 0.3) is 11.1 Å². The van der Waals surface area contributed by atoms with Crippen molar-refractivity contribution in [2.45, 2.75) is 24.2 Å². The Labute approximate surface area is 142 Å². The van der Waals surface area contributed by atoms with Gasteiger partial charge in [-0.3, -0.25) is 4.79 Å². The van der Waals surface area contributed by atoms with Crippen molar-refractivity contribution in [1.29, 1.82) is 0 Å². The van der Waals surface area contributed by atoms with E-state index in [1.807, 2.05) is 30.3 Å². The molecule has 24 heavy (non-hydrogen) atoms. The highest BCUT2D eigenvalue weighted by Crippen LogP contribution is 2.33. The maximum atomic E-state index is 13.2. The molecule has 1 heterocycles. The quantitative estimate of drug-likeness (QED) is 0.926. The monoisotopic (exact) mass is 344 g/mol. The van der Waals surface area contributed by atoms with E-state index in [2.05, 4.69) is 0 Å². The molecule has 0 spiro atoms. The first kappa shape index (κ1) is 16.7. The third-order valence-corrected chi connectivity index (χ3v) is 6.28. The number of hydrogen-bond donors (Lipinski definition) is 1. The standard InChI is InChI=1S/C18H20N2O3S/c19-18(21)16-11-7-10-15(14-8-3-1-4-9-14)17(16)24(22,23)20-12-5-2-6-13-20/h1,3-4,7-11H,2,5-6,12-13H2,(H2,19,21). The zero-order valence-electron chi connectivity index (χ0n) is 13.3. The summed E-state index contributed by atoms with van der Waals surface area (Å²) in [6, 6.07) is 14.1. The van der Waals surface area contributed by atoms with E-state index >= 15 is 0 Å². The van der Waals surface area contributed by atoms with Crippen molar-refractivity contribution in [2.24, 2.45) is 5.73 Å². The van der Waals surface area contributed by atoms with E-state index in [-0.39, 0.29) is 10.5 Å². The van der Waals surface area contributed by atoms with Crippen LogP contribution in [0, 0.1) is 0 Å². The van der Waals surface area contributed by atoms with E-state index in [4.69, 9.17) is 5.73 Å². The zero-order chi connectivity index (χ0) is 17.2. The molecule has 0 atom stereocenters.